The van der Waals surface area contributed by atoms with Crippen molar-refractivity contribution in [2.75, 3.05) is 0 Å². The van der Waals surface area contributed by atoms with Gasteiger partial charge in [-0.2, -0.15) is 0 Å². The monoisotopic (exact) mass is 232 g/mol. The molecule has 0 aromatic carbocycles. The number of hydrogen-bond donors (Lipinski definition) is 0. The van der Waals surface area contributed by atoms with Crippen molar-refractivity contribution >= 4 is 0 Å². The van der Waals surface area contributed by atoms with E-state index in [2.05, 4.69) is 19.6 Å². The Bertz CT molecular complexity index is 341. The van der Waals surface area contributed by atoms with Crippen LogP contribution in [-0.2, 0) is 4.74 Å². The molecule has 0 amide bonds. The second kappa shape index (κ2) is 4.61. The van der Waals surface area contributed by atoms with Gasteiger partial charge in [-0.25, -0.2) is 0 Å². The SMILES string of the molecule is C=C(C)[C@H]1O[C@@H]2CCCC[C@@H]2C2=CCCC[C@H]21. The van der Waals surface area contributed by atoms with Crippen molar-refractivity contribution < 1.29 is 4.74 Å². The summed E-state index contributed by atoms with van der Waals surface area (Å²) < 4.78 is 6.38. The molecule has 1 heterocycles. The van der Waals surface area contributed by atoms with Crippen molar-refractivity contribution in [3.05, 3.63) is 23.8 Å². The molecule has 0 aromatic heterocycles. The Balaban J connectivity index is 1.90. The molecule has 3 aliphatic rings. The minimum absolute atomic E-state index is 0.306. The molecule has 0 N–H and O–H groups in total. The molecule has 0 spiro atoms. The van der Waals surface area contributed by atoms with Gasteiger partial charge in [0.1, 0.15) is 0 Å². The Kier molecular flexibility index (Phi) is 3.12. The number of fused-ring (bicyclic) bond motifs is 3. The molecule has 3 rings (SSSR count). The van der Waals surface area contributed by atoms with Crippen molar-refractivity contribution in [1.29, 1.82) is 0 Å². The minimum atomic E-state index is 0.306. The van der Waals surface area contributed by atoms with Gasteiger partial charge in [0.15, 0.2) is 0 Å². The Labute approximate surface area is 105 Å². The maximum absolute atomic E-state index is 6.38. The van der Waals surface area contributed by atoms with Crippen LogP contribution in [0.25, 0.3) is 0 Å². The van der Waals surface area contributed by atoms with Crippen LogP contribution >= 0.6 is 0 Å². The number of rotatable bonds is 1. The highest BCUT2D eigenvalue weighted by Crippen LogP contribution is 2.47. The predicted octanol–water partition coefficient (Wildman–Crippen LogP) is 4.25. The summed E-state index contributed by atoms with van der Waals surface area (Å²) in [4.78, 5) is 0. The van der Waals surface area contributed by atoms with Gasteiger partial charge in [0.2, 0.25) is 0 Å². The van der Waals surface area contributed by atoms with Crippen LogP contribution in [-0.4, -0.2) is 12.2 Å². The van der Waals surface area contributed by atoms with E-state index in [1.807, 2.05) is 0 Å². The van der Waals surface area contributed by atoms with Gasteiger partial charge in [-0.15, -0.1) is 0 Å². The van der Waals surface area contributed by atoms with Gasteiger partial charge in [-0.1, -0.05) is 36.6 Å². The molecular formula is C16H24O. The average molecular weight is 232 g/mol. The van der Waals surface area contributed by atoms with E-state index in [0.29, 0.717) is 18.1 Å². The molecule has 4 atom stereocenters. The molecule has 0 bridgehead atoms. The Morgan fingerprint density at radius 1 is 1.18 bits per heavy atom. The largest absolute Gasteiger partial charge is 0.369 e. The normalized spacial score (nSPS) is 41.1. The summed E-state index contributed by atoms with van der Waals surface area (Å²) in [5.74, 6) is 1.39. The third-order valence-electron chi connectivity index (χ3n) is 4.83. The zero-order valence-corrected chi connectivity index (χ0v) is 11.0. The van der Waals surface area contributed by atoms with Crippen LogP contribution in [0.5, 0.6) is 0 Å². The molecule has 0 unspecified atom stereocenters. The summed E-state index contributed by atoms with van der Waals surface area (Å²) in [5, 5.41) is 0. The second-order valence-corrected chi connectivity index (χ2v) is 6.07. The zero-order chi connectivity index (χ0) is 11.8. The van der Waals surface area contributed by atoms with E-state index < -0.39 is 0 Å². The Morgan fingerprint density at radius 3 is 2.76 bits per heavy atom. The van der Waals surface area contributed by atoms with Gasteiger partial charge in [-0.3, -0.25) is 0 Å². The summed E-state index contributed by atoms with van der Waals surface area (Å²) in [6.07, 6.45) is 12.6. The molecule has 94 valence electrons. The Hall–Kier alpha value is -0.560. The number of hydrogen-bond acceptors (Lipinski definition) is 1. The summed E-state index contributed by atoms with van der Waals surface area (Å²) in [7, 11) is 0. The minimum Gasteiger partial charge on any atom is -0.369 e. The first kappa shape index (κ1) is 11.5. The molecule has 2 fully saturated rings. The van der Waals surface area contributed by atoms with Gasteiger partial charge >= 0.3 is 0 Å². The molecule has 1 heteroatoms. The lowest BCUT2D eigenvalue weighted by Crippen LogP contribution is -2.45. The van der Waals surface area contributed by atoms with Gasteiger partial charge in [0.05, 0.1) is 12.2 Å². The van der Waals surface area contributed by atoms with E-state index in [-0.39, 0.29) is 0 Å². The highest BCUT2D eigenvalue weighted by molar-refractivity contribution is 5.24. The average Bonchev–Trinajstić information content (AvgIpc) is 2.37. The predicted molar refractivity (Wildman–Crippen MR) is 70.9 cm³/mol. The van der Waals surface area contributed by atoms with Crippen molar-refractivity contribution in [2.24, 2.45) is 11.8 Å². The van der Waals surface area contributed by atoms with Crippen LogP contribution < -0.4 is 0 Å². The maximum Gasteiger partial charge on any atom is 0.0849 e. The van der Waals surface area contributed by atoms with Gasteiger partial charge in [0.25, 0.3) is 0 Å². The first-order chi connectivity index (χ1) is 8.27. The fourth-order valence-electron chi connectivity index (χ4n) is 4.06. The summed E-state index contributed by atoms with van der Waals surface area (Å²) in [6.45, 7) is 6.29. The Morgan fingerprint density at radius 2 is 1.94 bits per heavy atom. The lowest BCUT2D eigenvalue weighted by molar-refractivity contribution is -0.0871. The van der Waals surface area contributed by atoms with Crippen molar-refractivity contribution in [3.63, 3.8) is 0 Å². The van der Waals surface area contributed by atoms with Gasteiger partial charge in [-0.05, 0) is 39.0 Å². The fourth-order valence-corrected chi connectivity index (χ4v) is 4.06. The smallest absolute Gasteiger partial charge is 0.0849 e. The van der Waals surface area contributed by atoms with Crippen LogP contribution in [0, 0.1) is 11.8 Å². The lowest BCUT2D eigenvalue weighted by Gasteiger charge is -2.47. The fraction of sp³-hybridized carbons (Fsp3) is 0.750. The number of allylic oxidation sites excluding steroid dienone is 1. The highest BCUT2D eigenvalue weighted by Gasteiger charge is 2.42. The molecule has 1 saturated carbocycles. The van der Waals surface area contributed by atoms with E-state index in [9.17, 15) is 0 Å². The van der Waals surface area contributed by atoms with Crippen LogP contribution in [0.1, 0.15) is 51.9 Å². The third-order valence-corrected chi connectivity index (χ3v) is 4.83. The van der Waals surface area contributed by atoms with Crippen LogP contribution in [0.15, 0.2) is 23.8 Å². The number of ether oxygens (including phenoxy) is 1. The van der Waals surface area contributed by atoms with E-state index in [4.69, 9.17) is 4.74 Å². The van der Waals surface area contributed by atoms with Crippen molar-refractivity contribution in [2.45, 2.75) is 64.1 Å². The van der Waals surface area contributed by atoms with E-state index in [0.717, 1.165) is 5.92 Å². The highest BCUT2D eigenvalue weighted by atomic mass is 16.5. The standard InChI is InChI=1S/C16H24O/c1-11(2)16-14-9-4-3-7-12(14)13-8-5-6-10-15(13)17-16/h7,13-16H,1,3-6,8-10H2,2H3/t13-,14-,15-,16-/m1/s1. The van der Waals surface area contributed by atoms with E-state index >= 15 is 0 Å². The van der Waals surface area contributed by atoms with Crippen molar-refractivity contribution in [3.8, 4) is 0 Å². The van der Waals surface area contributed by atoms with E-state index in [1.54, 1.807) is 5.57 Å². The maximum atomic E-state index is 6.38. The first-order valence-corrected chi connectivity index (χ1v) is 7.28. The summed E-state index contributed by atoms with van der Waals surface area (Å²) in [5.41, 5.74) is 2.96. The summed E-state index contributed by atoms with van der Waals surface area (Å²) in [6, 6.07) is 0. The van der Waals surface area contributed by atoms with Crippen molar-refractivity contribution in [1.82, 2.24) is 0 Å². The summed E-state index contributed by atoms with van der Waals surface area (Å²) >= 11 is 0. The zero-order valence-electron chi connectivity index (χ0n) is 11.0. The van der Waals surface area contributed by atoms with Gasteiger partial charge < -0.3 is 4.74 Å². The van der Waals surface area contributed by atoms with Crippen LogP contribution in [0.3, 0.4) is 0 Å². The molecule has 0 radical (unpaired) electrons. The van der Waals surface area contributed by atoms with E-state index in [1.165, 1.54) is 50.5 Å². The topological polar surface area (TPSA) is 9.23 Å². The third kappa shape index (κ3) is 1.99. The molecule has 1 aliphatic heterocycles. The van der Waals surface area contributed by atoms with Crippen LogP contribution in [0.4, 0.5) is 0 Å². The van der Waals surface area contributed by atoms with Crippen LogP contribution in [0.2, 0.25) is 0 Å². The van der Waals surface area contributed by atoms with Gasteiger partial charge in [0, 0.05) is 11.8 Å². The lowest BCUT2D eigenvalue weighted by atomic mass is 9.68. The molecule has 0 aromatic rings. The molecular weight excluding hydrogens is 208 g/mol. The molecule has 17 heavy (non-hydrogen) atoms. The molecule has 1 nitrogen and oxygen atoms in total. The molecule has 2 aliphatic carbocycles. The molecule has 1 saturated heterocycles. The first-order valence-electron chi connectivity index (χ1n) is 7.28. The second-order valence-electron chi connectivity index (χ2n) is 6.07. The quantitative estimate of drug-likeness (QED) is 0.614.